The first-order chi connectivity index (χ1) is 23.8. The number of aromatic nitrogens is 5. The smallest absolute Gasteiger partial charge is 0.137 e. The minimum atomic E-state index is -0.166. The Balaban J connectivity index is 1.28. The van der Waals surface area contributed by atoms with Gasteiger partial charge in [-0.25, -0.2) is 9.67 Å². The summed E-state index contributed by atoms with van der Waals surface area (Å²) in [5.41, 5.74) is 11.5. The molecule has 4 aromatic heterocycles. The molecule has 1 aliphatic rings. The fourth-order valence-corrected chi connectivity index (χ4v) is 8.40. The van der Waals surface area contributed by atoms with Crippen LogP contribution < -0.4 is 0 Å². The van der Waals surface area contributed by atoms with Crippen molar-refractivity contribution in [3.8, 4) is 28.3 Å². The molecule has 5 aromatic carbocycles. The molecule has 0 aliphatic carbocycles. The third kappa shape index (κ3) is 3.70. The second-order valence-corrected chi connectivity index (χ2v) is 14.4. The van der Waals surface area contributed by atoms with Gasteiger partial charge in [0.05, 0.1) is 39.6 Å². The van der Waals surface area contributed by atoms with Crippen molar-refractivity contribution in [1.29, 1.82) is 0 Å². The summed E-state index contributed by atoms with van der Waals surface area (Å²) in [4.78, 5) is 4.79. The van der Waals surface area contributed by atoms with E-state index >= 15 is 0 Å². The van der Waals surface area contributed by atoms with Gasteiger partial charge in [0, 0.05) is 49.8 Å². The molecule has 0 bridgehead atoms. The molecular weight excluding hydrogens is 599 g/mol. The van der Waals surface area contributed by atoms with Crippen molar-refractivity contribution in [1.82, 2.24) is 23.9 Å². The Morgan fingerprint density at radius 2 is 1.18 bits per heavy atom. The lowest BCUT2D eigenvalue weighted by molar-refractivity contribution is 0.276. The highest BCUT2D eigenvalue weighted by molar-refractivity contribution is 6.19. The van der Waals surface area contributed by atoms with E-state index in [1.54, 1.807) is 0 Å². The number of hydrogen-bond donors (Lipinski definition) is 0. The van der Waals surface area contributed by atoms with E-state index in [1.807, 2.05) is 12.3 Å². The molecule has 0 saturated heterocycles. The average Bonchev–Trinajstić information content (AvgIpc) is 3.82. The molecule has 0 fully saturated rings. The quantitative estimate of drug-likeness (QED) is 0.194. The molecule has 9 aromatic rings. The summed E-state index contributed by atoms with van der Waals surface area (Å²) < 4.78 is 6.93. The minimum Gasteiger partial charge on any atom is -0.309 e. The molecule has 1 aliphatic heterocycles. The first-order valence-electron chi connectivity index (χ1n) is 17.0. The molecule has 5 nitrogen and oxygen atoms in total. The van der Waals surface area contributed by atoms with Crippen LogP contribution in [0, 0.1) is 0 Å². The third-order valence-electron chi connectivity index (χ3n) is 11.5. The maximum atomic E-state index is 5.09. The molecule has 10 rings (SSSR count). The summed E-state index contributed by atoms with van der Waals surface area (Å²) >= 11 is 0. The van der Waals surface area contributed by atoms with Crippen LogP contribution >= 0.6 is 0 Å². The van der Waals surface area contributed by atoms with E-state index in [4.69, 9.17) is 10.1 Å². The van der Waals surface area contributed by atoms with Crippen LogP contribution in [0.4, 0.5) is 0 Å². The molecule has 0 radical (unpaired) electrons. The highest BCUT2D eigenvalue weighted by Crippen LogP contribution is 2.53. The Morgan fingerprint density at radius 1 is 0.531 bits per heavy atom. The minimum absolute atomic E-state index is 0.142. The third-order valence-corrected chi connectivity index (χ3v) is 11.5. The highest BCUT2D eigenvalue weighted by atomic mass is 15.3. The molecule has 49 heavy (non-hydrogen) atoms. The maximum Gasteiger partial charge on any atom is 0.137 e. The summed E-state index contributed by atoms with van der Waals surface area (Å²) in [6.45, 7) is 9.49. The Kier molecular flexibility index (Phi) is 5.62. The van der Waals surface area contributed by atoms with Crippen LogP contribution in [0.1, 0.15) is 39.0 Å². The largest absolute Gasteiger partial charge is 0.309 e. The van der Waals surface area contributed by atoms with E-state index in [2.05, 4.69) is 169 Å². The van der Waals surface area contributed by atoms with Crippen molar-refractivity contribution >= 4 is 43.6 Å². The number of hydrogen-bond acceptors (Lipinski definition) is 2. The summed E-state index contributed by atoms with van der Waals surface area (Å²) in [5, 5.41) is 10.0. The number of rotatable bonds is 3. The van der Waals surface area contributed by atoms with Crippen molar-refractivity contribution < 1.29 is 0 Å². The van der Waals surface area contributed by atoms with Crippen LogP contribution in [0.15, 0.2) is 140 Å². The number of fused-ring (bicyclic) bond motifs is 9. The molecule has 0 N–H and O–H groups in total. The van der Waals surface area contributed by atoms with Gasteiger partial charge < -0.3 is 4.57 Å². The van der Waals surface area contributed by atoms with Crippen molar-refractivity contribution in [3.63, 3.8) is 0 Å². The second kappa shape index (κ2) is 9.80. The molecule has 0 unspecified atom stereocenters. The molecular formula is C44H35N5. The van der Waals surface area contributed by atoms with Gasteiger partial charge >= 0.3 is 0 Å². The Hall–Kier alpha value is -5.94. The summed E-state index contributed by atoms with van der Waals surface area (Å²) in [7, 11) is 0. The normalized spacial score (nSPS) is 14.9. The lowest BCUT2D eigenvalue weighted by atomic mass is 9.59. The van der Waals surface area contributed by atoms with Gasteiger partial charge in [0.25, 0.3) is 0 Å². The average molecular weight is 634 g/mol. The molecule has 0 spiro atoms. The maximum absolute atomic E-state index is 5.09. The van der Waals surface area contributed by atoms with Crippen LogP contribution in [-0.4, -0.2) is 23.9 Å². The van der Waals surface area contributed by atoms with Gasteiger partial charge in [-0.2, -0.15) is 5.10 Å². The zero-order valence-corrected chi connectivity index (χ0v) is 28.0. The van der Waals surface area contributed by atoms with E-state index < -0.39 is 0 Å². The van der Waals surface area contributed by atoms with Gasteiger partial charge in [-0.05, 0) is 59.7 Å². The van der Waals surface area contributed by atoms with Gasteiger partial charge in [0.2, 0.25) is 0 Å². The zero-order chi connectivity index (χ0) is 33.1. The van der Waals surface area contributed by atoms with Gasteiger partial charge in [0.15, 0.2) is 0 Å². The number of nitrogens with zero attached hydrogens (tertiary/aromatic N) is 5. The standard InChI is InChI=1S/C44H35N5/c1-43(2)35-22-21-29(24-40(35)49-42(44(43,3)4)34(27-46-49)28-14-6-5-7-15-28)47-36-18-10-8-16-30(36)32-25-33-31-17-9-11-19-37(31)48(39(33)26-38(32)47)41-20-12-13-23-45-41/h5-27H,1-4H3. The first kappa shape index (κ1) is 28.1. The predicted octanol–water partition coefficient (Wildman–Crippen LogP) is 10.7. The van der Waals surface area contributed by atoms with Gasteiger partial charge in [-0.1, -0.05) is 107 Å². The molecule has 0 atom stereocenters. The number of benzene rings is 5. The lowest BCUT2D eigenvalue weighted by Crippen LogP contribution is -2.46. The zero-order valence-electron chi connectivity index (χ0n) is 28.0. The van der Waals surface area contributed by atoms with Gasteiger partial charge in [-0.3, -0.25) is 4.57 Å². The Bertz CT molecular complexity index is 2760. The molecule has 0 amide bonds. The van der Waals surface area contributed by atoms with Crippen LogP contribution in [0.5, 0.6) is 0 Å². The van der Waals surface area contributed by atoms with E-state index in [1.165, 1.54) is 49.4 Å². The van der Waals surface area contributed by atoms with E-state index in [0.717, 1.165) is 33.7 Å². The fourth-order valence-electron chi connectivity index (χ4n) is 8.40. The summed E-state index contributed by atoms with van der Waals surface area (Å²) in [5.74, 6) is 0.912. The number of para-hydroxylation sites is 2. The van der Waals surface area contributed by atoms with Crippen LogP contribution in [0.25, 0.3) is 71.9 Å². The van der Waals surface area contributed by atoms with Gasteiger partial charge in [0.1, 0.15) is 5.82 Å². The molecule has 5 heterocycles. The Labute approximate surface area is 284 Å². The topological polar surface area (TPSA) is 40.6 Å². The van der Waals surface area contributed by atoms with E-state index in [-0.39, 0.29) is 10.8 Å². The highest BCUT2D eigenvalue weighted by Gasteiger charge is 2.48. The van der Waals surface area contributed by atoms with Crippen molar-refractivity contribution in [2.45, 2.75) is 38.5 Å². The summed E-state index contributed by atoms with van der Waals surface area (Å²) in [6.07, 6.45) is 3.92. The summed E-state index contributed by atoms with van der Waals surface area (Å²) in [6, 6.07) is 45.9. The lowest BCUT2D eigenvalue weighted by Gasteiger charge is -2.47. The van der Waals surface area contributed by atoms with Crippen LogP contribution in [0.3, 0.4) is 0 Å². The molecule has 0 saturated carbocycles. The second-order valence-electron chi connectivity index (χ2n) is 14.4. The van der Waals surface area contributed by atoms with E-state index in [9.17, 15) is 0 Å². The van der Waals surface area contributed by atoms with Gasteiger partial charge in [-0.15, -0.1) is 0 Å². The van der Waals surface area contributed by atoms with E-state index in [0.29, 0.717) is 0 Å². The monoisotopic (exact) mass is 633 g/mol. The van der Waals surface area contributed by atoms with Crippen LogP contribution in [0.2, 0.25) is 0 Å². The molecule has 5 heteroatoms. The number of pyridine rings is 1. The van der Waals surface area contributed by atoms with Crippen molar-refractivity contribution in [2.24, 2.45) is 0 Å². The van der Waals surface area contributed by atoms with Crippen LogP contribution in [-0.2, 0) is 10.8 Å². The predicted molar refractivity (Wildman–Crippen MR) is 202 cm³/mol. The van der Waals surface area contributed by atoms with Crippen molar-refractivity contribution in [2.75, 3.05) is 0 Å². The Morgan fingerprint density at radius 3 is 1.90 bits per heavy atom. The fraction of sp³-hybridized carbons (Fsp3) is 0.136. The SMILES string of the molecule is CC1(C)c2ccc(-n3c4ccccc4c4cc5c6ccccc6n(-c6ccccn6)c5cc43)cc2-n2ncc(-c3ccccc3)c2C1(C)C. The van der Waals surface area contributed by atoms with Crippen molar-refractivity contribution in [3.05, 3.63) is 151 Å². The first-order valence-corrected chi connectivity index (χ1v) is 17.0. The molecule has 236 valence electrons.